The van der Waals surface area contributed by atoms with Gasteiger partial charge in [0.25, 0.3) is 0 Å². The molecule has 2 aliphatic rings. The second-order valence-electron chi connectivity index (χ2n) is 5.62. The first-order valence-corrected chi connectivity index (χ1v) is 6.63. The Labute approximate surface area is 103 Å². The molecule has 0 spiro atoms. The molecule has 1 aromatic rings. The molecule has 0 heterocycles. The Bertz CT molecular complexity index is 413. The molecule has 2 unspecified atom stereocenters. The number of ether oxygens (including phenoxy) is 1. The number of rotatable bonds is 5. The van der Waals surface area contributed by atoms with E-state index in [0.29, 0.717) is 5.41 Å². The first-order chi connectivity index (χ1) is 8.26. The van der Waals surface area contributed by atoms with Crippen molar-refractivity contribution in [2.45, 2.75) is 37.6 Å². The van der Waals surface area contributed by atoms with Crippen molar-refractivity contribution in [3.05, 3.63) is 29.8 Å². The number of methoxy groups -OCH3 is 1. The van der Waals surface area contributed by atoms with Crippen LogP contribution in [0.5, 0.6) is 5.75 Å². The molecule has 2 saturated carbocycles. The number of nitrogens with one attached hydrogen (secondary N) is 1. The lowest BCUT2D eigenvalue weighted by molar-refractivity contribution is 0.399. The van der Waals surface area contributed by atoms with Crippen LogP contribution in [0, 0.1) is 5.92 Å². The maximum absolute atomic E-state index is 5.51. The van der Waals surface area contributed by atoms with E-state index in [1.165, 1.54) is 24.8 Å². The Morgan fingerprint density at radius 2 is 2.06 bits per heavy atom. The maximum atomic E-state index is 5.51. The van der Waals surface area contributed by atoms with Crippen molar-refractivity contribution in [2.24, 2.45) is 5.92 Å². The first kappa shape index (κ1) is 11.1. The van der Waals surface area contributed by atoms with E-state index in [1.54, 1.807) is 7.11 Å². The lowest BCUT2D eigenvalue weighted by atomic mass is 9.92. The molecule has 0 aromatic heterocycles. The molecule has 0 radical (unpaired) electrons. The Morgan fingerprint density at radius 1 is 1.35 bits per heavy atom. The van der Waals surface area contributed by atoms with Crippen LogP contribution in [0.3, 0.4) is 0 Å². The van der Waals surface area contributed by atoms with E-state index in [9.17, 15) is 0 Å². The summed E-state index contributed by atoms with van der Waals surface area (Å²) in [5, 5.41) is 3.68. The highest BCUT2D eigenvalue weighted by atomic mass is 16.5. The minimum absolute atomic E-state index is 0.329. The average Bonchev–Trinajstić information content (AvgIpc) is 3.24. The predicted molar refractivity (Wildman–Crippen MR) is 69.5 cm³/mol. The number of benzene rings is 1. The van der Waals surface area contributed by atoms with Crippen LogP contribution in [-0.2, 0) is 5.41 Å². The SMILES string of the molecule is COc1ccccc1C1(CNC2CC2)CC1C. The van der Waals surface area contributed by atoms with Gasteiger partial charge in [-0.2, -0.15) is 0 Å². The fourth-order valence-corrected chi connectivity index (χ4v) is 2.87. The molecule has 2 atom stereocenters. The van der Waals surface area contributed by atoms with Crippen LogP contribution in [0.15, 0.2) is 24.3 Å². The molecule has 0 bridgehead atoms. The summed E-state index contributed by atoms with van der Waals surface area (Å²) < 4.78 is 5.51. The van der Waals surface area contributed by atoms with Crippen molar-refractivity contribution in [3.63, 3.8) is 0 Å². The van der Waals surface area contributed by atoms with Gasteiger partial charge in [-0.1, -0.05) is 25.1 Å². The van der Waals surface area contributed by atoms with Gasteiger partial charge in [-0.25, -0.2) is 0 Å². The third-order valence-electron chi connectivity index (χ3n) is 4.38. The van der Waals surface area contributed by atoms with E-state index in [1.807, 2.05) is 0 Å². The van der Waals surface area contributed by atoms with Crippen LogP contribution in [0.25, 0.3) is 0 Å². The summed E-state index contributed by atoms with van der Waals surface area (Å²) >= 11 is 0. The van der Waals surface area contributed by atoms with E-state index in [2.05, 4.69) is 36.5 Å². The summed E-state index contributed by atoms with van der Waals surface area (Å²) in [5.41, 5.74) is 1.72. The minimum Gasteiger partial charge on any atom is -0.496 e. The lowest BCUT2D eigenvalue weighted by Crippen LogP contribution is -2.30. The molecule has 92 valence electrons. The topological polar surface area (TPSA) is 21.3 Å². The number of hydrogen-bond donors (Lipinski definition) is 1. The number of hydrogen-bond acceptors (Lipinski definition) is 2. The zero-order valence-electron chi connectivity index (χ0n) is 10.7. The van der Waals surface area contributed by atoms with E-state index < -0.39 is 0 Å². The highest BCUT2D eigenvalue weighted by molar-refractivity contribution is 5.44. The van der Waals surface area contributed by atoms with Crippen molar-refractivity contribution in [3.8, 4) is 5.75 Å². The molecule has 2 nitrogen and oxygen atoms in total. The molecular formula is C15H21NO. The second-order valence-corrected chi connectivity index (χ2v) is 5.62. The first-order valence-electron chi connectivity index (χ1n) is 6.63. The second kappa shape index (κ2) is 4.02. The van der Waals surface area contributed by atoms with E-state index in [4.69, 9.17) is 4.74 Å². The lowest BCUT2D eigenvalue weighted by Gasteiger charge is -2.20. The molecular weight excluding hydrogens is 210 g/mol. The zero-order valence-corrected chi connectivity index (χ0v) is 10.7. The molecule has 3 rings (SSSR count). The van der Waals surface area contributed by atoms with Gasteiger partial charge in [-0.15, -0.1) is 0 Å². The third-order valence-corrected chi connectivity index (χ3v) is 4.38. The van der Waals surface area contributed by atoms with E-state index >= 15 is 0 Å². The van der Waals surface area contributed by atoms with Crippen molar-refractivity contribution < 1.29 is 4.74 Å². The van der Waals surface area contributed by atoms with Crippen LogP contribution >= 0.6 is 0 Å². The standard InChI is InChI=1S/C15H21NO/c1-11-9-15(11,10-16-12-7-8-12)13-5-3-4-6-14(13)17-2/h3-6,11-12,16H,7-10H2,1-2H3. The predicted octanol–water partition coefficient (Wildman–Crippen LogP) is 2.72. The van der Waals surface area contributed by atoms with E-state index in [-0.39, 0.29) is 0 Å². The fraction of sp³-hybridized carbons (Fsp3) is 0.600. The van der Waals surface area contributed by atoms with Crippen molar-refractivity contribution in [2.75, 3.05) is 13.7 Å². The average molecular weight is 231 g/mol. The highest BCUT2D eigenvalue weighted by Crippen LogP contribution is 2.56. The molecule has 0 saturated heterocycles. The van der Waals surface area contributed by atoms with E-state index in [0.717, 1.165) is 24.3 Å². The van der Waals surface area contributed by atoms with Gasteiger partial charge < -0.3 is 10.1 Å². The molecule has 0 aliphatic heterocycles. The van der Waals surface area contributed by atoms with Crippen molar-refractivity contribution in [1.82, 2.24) is 5.32 Å². The Kier molecular flexibility index (Phi) is 2.62. The van der Waals surface area contributed by atoms with Crippen LogP contribution < -0.4 is 10.1 Å². The van der Waals surface area contributed by atoms with Gasteiger partial charge in [-0.3, -0.25) is 0 Å². The Morgan fingerprint density at radius 3 is 2.65 bits per heavy atom. The fourth-order valence-electron chi connectivity index (χ4n) is 2.87. The van der Waals surface area contributed by atoms with Crippen molar-refractivity contribution >= 4 is 0 Å². The summed E-state index contributed by atoms with van der Waals surface area (Å²) in [6, 6.07) is 9.28. The largest absolute Gasteiger partial charge is 0.496 e. The van der Waals surface area contributed by atoms with Gasteiger partial charge in [0, 0.05) is 23.6 Å². The van der Waals surface area contributed by atoms with Crippen LogP contribution in [0.2, 0.25) is 0 Å². The molecule has 1 N–H and O–H groups in total. The van der Waals surface area contributed by atoms with Gasteiger partial charge in [0.1, 0.15) is 5.75 Å². The highest BCUT2D eigenvalue weighted by Gasteiger charge is 2.53. The van der Waals surface area contributed by atoms with Crippen molar-refractivity contribution in [1.29, 1.82) is 0 Å². The summed E-state index contributed by atoms with van der Waals surface area (Å²) in [7, 11) is 1.77. The van der Waals surface area contributed by atoms with Gasteiger partial charge in [0.05, 0.1) is 7.11 Å². The molecule has 2 aliphatic carbocycles. The van der Waals surface area contributed by atoms with Crippen LogP contribution in [0.4, 0.5) is 0 Å². The minimum atomic E-state index is 0.329. The quantitative estimate of drug-likeness (QED) is 0.841. The zero-order chi connectivity index (χ0) is 11.9. The van der Waals surface area contributed by atoms with Gasteiger partial charge >= 0.3 is 0 Å². The molecule has 2 fully saturated rings. The molecule has 2 heteroatoms. The molecule has 17 heavy (non-hydrogen) atoms. The summed E-state index contributed by atoms with van der Waals surface area (Å²) in [6.45, 7) is 3.46. The third kappa shape index (κ3) is 1.95. The summed E-state index contributed by atoms with van der Waals surface area (Å²) in [4.78, 5) is 0. The van der Waals surface area contributed by atoms with Crippen LogP contribution in [0.1, 0.15) is 31.7 Å². The maximum Gasteiger partial charge on any atom is 0.122 e. The normalized spacial score (nSPS) is 31.3. The van der Waals surface area contributed by atoms with Crippen LogP contribution in [-0.4, -0.2) is 19.7 Å². The molecule has 1 aromatic carbocycles. The summed E-state index contributed by atoms with van der Waals surface area (Å²) in [6.07, 6.45) is 4.00. The Balaban J connectivity index is 1.83. The monoisotopic (exact) mass is 231 g/mol. The Hall–Kier alpha value is -1.02. The molecule has 0 amide bonds. The van der Waals surface area contributed by atoms with Gasteiger partial charge in [0.15, 0.2) is 0 Å². The summed E-state index contributed by atoms with van der Waals surface area (Å²) in [5.74, 6) is 1.82. The number of para-hydroxylation sites is 1. The van der Waals surface area contributed by atoms with Gasteiger partial charge in [-0.05, 0) is 31.2 Å². The van der Waals surface area contributed by atoms with Gasteiger partial charge in [0.2, 0.25) is 0 Å². The smallest absolute Gasteiger partial charge is 0.122 e.